The first kappa shape index (κ1) is 20.5. The number of aromatic nitrogens is 2. The number of halogens is 3. The first-order chi connectivity index (χ1) is 14.9. The zero-order valence-electron chi connectivity index (χ0n) is 16.3. The molecule has 2 aromatic carbocycles. The standard InChI is InChI=1S/C24H18F3N3O/c25-24(26,27)19-9-5-13-29-22(19)21(14-16-6-2-1-3-7-16)30-23(31)18-11-10-17-8-4-12-28-20(17)15-18/h1-13,15,21H,14H2,(H,30,31)/t21-/m0/s1. The van der Waals surface area contributed by atoms with Gasteiger partial charge in [-0.3, -0.25) is 14.8 Å². The van der Waals surface area contributed by atoms with Crippen molar-refractivity contribution in [3.05, 3.63) is 108 Å². The fourth-order valence-electron chi connectivity index (χ4n) is 3.45. The summed E-state index contributed by atoms with van der Waals surface area (Å²) in [5.74, 6) is -0.493. The molecule has 0 saturated heterocycles. The number of hydrogen-bond donors (Lipinski definition) is 1. The molecule has 0 spiro atoms. The van der Waals surface area contributed by atoms with E-state index in [-0.39, 0.29) is 12.1 Å². The van der Waals surface area contributed by atoms with Crippen molar-refractivity contribution in [2.75, 3.05) is 0 Å². The monoisotopic (exact) mass is 421 g/mol. The van der Waals surface area contributed by atoms with Crippen molar-refractivity contribution in [2.24, 2.45) is 0 Å². The topological polar surface area (TPSA) is 54.9 Å². The lowest BCUT2D eigenvalue weighted by Gasteiger charge is -2.22. The zero-order valence-corrected chi connectivity index (χ0v) is 16.3. The molecule has 0 bridgehead atoms. The van der Waals surface area contributed by atoms with E-state index in [9.17, 15) is 18.0 Å². The van der Waals surface area contributed by atoms with E-state index < -0.39 is 23.7 Å². The molecule has 156 valence electrons. The third-order valence-electron chi connectivity index (χ3n) is 4.93. The van der Waals surface area contributed by atoms with Gasteiger partial charge in [-0.1, -0.05) is 42.5 Å². The second kappa shape index (κ2) is 8.55. The van der Waals surface area contributed by atoms with Gasteiger partial charge in [-0.15, -0.1) is 0 Å². The fraction of sp³-hybridized carbons (Fsp3) is 0.125. The SMILES string of the molecule is O=C(N[C@@H](Cc1ccccc1)c1ncccc1C(F)(F)F)c1ccc2cccnc2c1. The van der Waals surface area contributed by atoms with Crippen LogP contribution in [0.2, 0.25) is 0 Å². The van der Waals surface area contributed by atoms with E-state index in [1.165, 1.54) is 12.3 Å². The van der Waals surface area contributed by atoms with Gasteiger partial charge in [0.15, 0.2) is 0 Å². The molecule has 31 heavy (non-hydrogen) atoms. The smallest absolute Gasteiger partial charge is 0.343 e. The third-order valence-corrected chi connectivity index (χ3v) is 4.93. The van der Waals surface area contributed by atoms with E-state index in [0.29, 0.717) is 11.1 Å². The highest BCUT2D eigenvalue weighted by atomic mass is 19.4. The number of amides is 1. The van der Waals surface area contributed by atoms with Crippen LogP contribution in [0.4, 0.5) is 13.2 Å². The molecule has 2 heterocycles. The number of pyridine rings is 2. The Balaban J connectivity index is 1.70. The highest BCUT2D eigenvalue weighted by molar-refractivity contribution is 5.98. The van der Waals surface area contributed by atoms with E-state index in [1.54, 1.807) is 54.7 Å². The fourth-order valence-corrected chi connectivity index (χ4v) is 3.45. The van der Waals surface area contributed by atoms with Crippen LogP contribution < -0.4 is 5.32 Å². The molecular weight excluding hydrogens is 403 g/mol. The van der Waals surface area contributed by atoms with Gasteiger partial charge < -0.3 is 5.32 Å². The van der Waals surface area contributed by atoms with Crippen LogP contribution in [0.5, 0.6) is 0 Å². The molecule has 1 atom stereocenters. The molecule has 0 aliphatic carbocycles. The van der Waals surface area contributed by atoms with Crippen LogP contribution in [0.1, 0.15) is 33.2 Å². The number of fused-ring (bicyclic) bond motifs is 1. The Morgan fingerprint density at radius 3 is 2.42 bits per heavy atom. The highest BCUT2D eigenvalue weighted by Gasteiger charge is 2.36. The molecule has 2 aromatic heterocycles. The lowest BCUT2D eigenvalue weighted by molar-refractivity contribution is -0.138. The number of rotatable bonds is 5. The molecular formula is C24H18F3N3O. The molecule has 1 N–H and O–H groups in total. The largest absolute Gasteiger partial charge is 0.418 e. The average Bonchev–Trinajstić information content (AvgIpc) is 2.78. The quantitative estimate of drug-likeness (QED) is 0.472. The van der Waals surface area contributed by atoms with Crippen molar-refractivity contribution in [1.29, 1.82) is 0 Å². The maximum Gasteiger partial charge on any atom is 0.418 e. The van der Waals surface area contributed by atoms with Crippen LogP contribution in [0.3, 0.4) is 0 Å². The summed E-state index contributed by atoms with van der Waals surface area (Å²) in [6.07, 6.45) is -1.50. The van der Waals surface area contributed by atoms with Crippen LogP contribution in [0.25, 0.3) is 10.9 Å². The molecule has 0 fully saturated rings. The van der Waals surface area contributed by atoms with E-state index in [1.807, 2.05) is 12.1 Å². The number of hydrogen-bond acceptors (Lipinski definition) is 3. The predicted octanol–water partition coefficient (Wildman–Crippen LogP) is 5.36. The van der Waals surface area contributed by atoms with Crippen molar-refractivity contribution in [3.63, 3.8) is 0 Å². The van der Waals surface area contributed by atoms with Crippen LogP contribution in [0.15, 0.2) is 85.2 Å². The van der Waals surface area contributed by atoms with Crippen molar-refractivity contribution in [2.45, 2.75) is 18.6 Å². The average molecular weight is 421 g/mol. The minimum atomic E-state index is -4.59. The third kappa shape index (κ3) is 4.71. The molecule has 0 aliphatic rings. The molecule has 0 unspecified atom stereocenters. The summed E-state index contributed by atoms with van der Waals surface area (Å²) in [6.45, 7) is 0. The van der Waals surface area contributed by atoms with Gasteiger partial charge in [-0.2, -0.15) is 13.2 Å². The Kier molecular flexibility index (Phi) is 5.66. The van der Waals surface area contributed by atoms with Gasteiger partial charge >= 0.3 is 6.18 Å². The van der Waals surface area contributed by atoms with Gasteiger partial charge in [0.05, 0.1) is 22.8 Å². The summed E-state index contributed by atoms with van der Waals surface area (Å²) in [7, 11) is 0. The minimum Gasteiger partial charge on any atom is -0.343 e. The normalized spacial score (nSPS) is 12.5. The summed E-state index contributed by atoms with van der Waals surface area (Å²) in [5.41, 5.74) is 0.645. The molecule has 4 nitrogen and oxygen atoms in total. The summed E-state index contributed by atoms with van der Waals surface area (Å²) < 4.78 is 40.9. The van der Waals surface area contributed by atoms with Crippen molar-refractivity contribution >= 4 is 16.8 Å². The maximum absolute atomic E-state index is 13.6. The van der Waals surface area contributed by atoms with Crippen molar-refractivity contribution < 1.29 is 18.0 Å². The Morgan fingerprint density at radius 2 is 1.65 bits per heavy atom. The number of carbonyl (C=O) groups is 1. The van der Waals surface area contributed by atoms with Gasteiger partial charge in [0.1, 0.15) is 0 Å². The summed E-state index contributed by atoms with van der Waals surface area (Å²) in [4.78, 5) is 21.2. The Morgan fingerprint density at radius 1 is 0.903 bits per heavy atom. The van der Waals surface area contributed by atoms with Crippen LogP contribution >= 0.6 is 0 Å². The Bertz CT molecular complexity index is 1210. The van der Waals surface area contributed by atoms with E-state index in [2.05, 4.69) is 15.3 Å². The second-order valence-corrected chi connectivity index (χ2v) is 7.06. The number of carbonyl (C=O) groups excluding carboxylic acids is 1. The molecule has 0 radical (unpaired) electrons. The van der Waals surface area contributed by atoms with Crippen molar-refractivity contribution in [3.8, 4) is 0 Å². The number of benzene rings is 2. The lowest BCUT2D eigenvalue weighted by atomic mass is 9.98. The van der Waals surface area contributed by atoms with E-state index in [0.717, 1.165) is 17.0 Å². The number of nitrogens with zero attached hydrogens (tertiary/aromatic N) is 2. The van der Waals surface area contributed by atoms with Crippen molar-refractivity contribution in [1.82, 2.24) is 15.3 Å². The van der Waals surface area contributed by atoms with Gasteiger partial charge in [0, 0.05) is 23.3 Å². The lowest BCUT2D eigenvalue weighted by Crippen LogP contribution is -2.32. The first-order valence-corrected chi connectivity index (χ1v) is 9.63. The Labute approximate surface area is 176 Å². The summed E-state index contributed by atoms with van der Waals surface area (Å²) >= 11 is 0. The molecule has 1 amide bonds. The molecule has 0 aliphatic heterocycles. The highest BCUT2D eigenvalue weighted by Crippen LogP contribution is 2.34. The van der Waals surface area contributed by atoms with Gasteiger partial charge in [-0.05, 0) is 42.3 Å². The number of alkyl halides is 3. The van der Waals surface area contributed by atoms with Crippen LogP contribution in [0, 0.1) is 0 Å². The maximum atomic E-state index is 13.6. The van der Waals surface area contributed by atoms with Crippen LogP contribution in [-0.4, -0.2) is 15.9 Å². The molecule has 4 aromatic rings. The van der Waals surface area contributed by atoms with Crippen LogP contribution in [-0.2, 0) is 12.6 Å². The molecule has 7 heteroatoms. The van der Waals surface area contributed by atoms with Gasteiger partial charge in [0.2, 0.25) is 0 Å². The zero-order chi connectivity index (χ0) is 21.8. The minimum absolute atomic E-state index is 0.165. The Hall–Kier alpha value is -3.74. The van der Waals surface area contributed by atoms with E-state index in [4.69, 9.17) is 0 Å². The molecule has 0 saturated carbocycles. The van der Waals surface area contributed by atoms with Gasteiger partial charge in [0.25, 0.3) is 5.91 Å². The first-order valence-electron chi connectivity index (χ1n) is 9.63. The summed E-state index contributed by atoms with van der Waals surface area (Å²) in [6, 6.07) is 18.9. The molecule has 4 rings (SSSR count). The number of nitrogens with one attached hydrogen (secondary N) is 1. The van der Waals surface area contributed by atoms with E-state index >= 15 is 0 Å². The van der Waals surface area contributed by atoms with Gasteiger partial charge in [-0.25, -0.2) is 0 Å². The second-order valence-electron chi connectivity index (χ2n) is 7.06. The summed E-state index contributed by atoms with van der Waals surface area (Å²) in [5, 5.41) is 3.61. The predicted molar refractivity (Wildman–Crippen MR) is 111 cm³/mol.